The second-order valence-corrected chi connectivity index (χ2v) is 2.53. The zero-order valence-electron chi connectivity index (χ0n) is 6.95. The van der Waals surface area contributed by atoms with Crippen molar-refractivity contribution in [3.8, 4) is 0 Å². The number of nitrogens with two attached hydrogens (primary N) is 1. The highest BCUT2D eigenvalue weighted by Gasteiger charge is 2.28. The van der Waals surface area contributed by atoms with Crippen LogP contribution < -0.4 is 5.73 Å². The Labute approximate surface area is 82.0 Å². The molecule has 0 aliphatic carbocycles. The Kier molecular flexibility index (Phi) is 8.90. The molecule has 0 fully saturated rings. The minimum Gasteiger partial charge on any atom is -0.394 e. The van der Waals surface area contributed by atoms with E-state index in [4.69, 9.17) is 31.3 Å². The monoisotopic (exact) mass is 217 g/mol. The highest BCUT2D eigenvalue weighted by molar-refractivity contribution is 5.85. The minimum absolute atomic E-state index is 0. The first-order valence-corrected chi connectivity index (χ1v) is 3.57. The molecule has 0 aliphatic rings. The number of rotatable bonds is 5. The summed E-state index contributed by atoms with van der Waals surface area (Å²) in [6, 6.07) is 0. The molecule has 0 rings (SSSR count). The fraction of sp³-hybridized carbons (Fsp3) is 1.00. The summed E-state index contributed by atoms with van der Waals surface area (Å²) in [7, 11) is 0. The number of hydrogen-bond acceptors (Lipinski definition) is 6. The Bertz CT molecular complexity index is 114. The maximum absolute atomic E-state index is 9.04. The van der Waals surface area contributed by atoms with Crippen LogP contribution in [-0.4, -0.2) is 63.1 Å². The third-order valence-corrected chi connectivity index (χ3v) is 1.57. The SMILES string of the molecule is Cl.NC[C@H](O)[C@@H](O)[C@H](O)[C@H](O)CO. The van der Waals surface area contributed by atoms with Gasteiger partial charge < -0.3 is 31.3 Å². The van der Waals surface area contributed by atoms with Crippen LogP contribution in [0.5, 0.6) is 0 Å². The number of halogens is 1. The summed E-state index contributed by atoms with van der Waals surface area (Å²) in [5.41, 5.74) is 4.99. The molecule has 7 heteroatoms. The lowest BCUT2D eigenvalue weighted by Crippen LogP contribution is -2.48. The first-order valence-electron chi connectivity index (χ1n) is 3.57. The van der Waals surface area contributed by atoms with Gasteiger partial charge in [-0.25, -0.2) is 0 Å². The van der Waals surface area contributed by atoms with E-state index in [2.05, 4.69) is 0 Å². The van der Waals surface area contributed by atoms with E-state index in [0.29, 0.717) is 0 Å². The van der Waals surface area contributed by atoms with Gasteiger partial charge in [-0.3, -0.25) is 0 Å². The van der Waals surface area contributed by atoms with E-state index in [0.717, 1.165) is 0 Å². The molecule has 0 saturated carbocycles. The minimum atomic E-state index is -1.59. The van der Waals surface area contributed by atoms with E-state index in [1.807, 2.05) is 0 Å². The zero-order valence-corrected chi connectivity index (χ0v) is 7.76. The van der Waals surface area contributed by atoms with Gasteiger partial charge in [0.15, 0.2) is 0 Å². The van der Waals surface area contributed by atoms with Crippen molar-refractivity contribution in [3.05, 3.63) is 0 Å². The van der Waals surface area contributed by atoms with Crippen LogP contribution in [0.3, 0.4) is 0 Å². The largest absolute Gasteiger partial charge is 0.394 e. The molecule has 0 aromatic rings. The quantitative estimate of drug-likeness (QED) is 0.288. The molecule has 0 aromatic carbocycles. The molecule has 7 N–H and O–H groups in total. The van der Waals surface area contributed by atoms with E-state index in [1.165, 1.54) is 0 Å². The van der Waals surface area contributed by atoms with Crippen molar-refractivity contribution in [2.75, 3.05) is 13.2 Å². The third kappa shape index (κ3) is 4.72. The highest BCUT2D eigenvalue weighted by Crippen LogP contribution is 2.03. The Balaban J connectivity index is 0. The molecule has 4 atom stereocenters. The summed E-state index contributed by atoms with van der Waals surface area (Å²) in [6.45, 7) is -0.911. The van der Waals surface area contributed by atoms with Crippen LogP contribution >= 0.6 is 12.4 Å². The average molecular weight is 218 g/mol. The number of aliphatic hydroxyl groups is 5. The Hall–Kier alpha value is 0.0500. The van der Waals surface area contributed by atoms with Gasteiger partial charge in [-0.05, 0) is 0 Å². The van der Waals surface area contributed by atoms with Crippen molar-refractivity contribution in [1.29, 1.82) is 0 Å². The molecule has 6 nitrogen and oxygen atoms in total. The summed E-state index contributed by atoms with van der Waals surface area (Å²) >= 11 is 0. The Morgan fingerprint density at radius 2 is 1.31 bits per heavy atom. The molecule has 82 valence electrons. The fourth-order valence-electron chi connectivity index (χ4n) is 0.703. The van der Waals surface area contributed by atoms with Crippen LogP contribution in [0.2, 0.25) is 0 Å². The fourth-order valence-corrected chi connectivity index (χ4v) is 0.703. The number of aliphatic hydroxyl groups excluding tert-OH is 5. The smallest absolute Gasteiger partial charge is 0.111 e. The van der Waals surface area contributed by atoms with Gasteiger partial charge in [-0.15, -0.1) is 12.4 Å². The molecule has 13 heavy (non-hydrogen) atoms. The van der Waals surface area contributed by atoms with Crippen molar-refractivity contribution in [3.63, 3.8) is 0 Å². The van der Waals surface area contributed by atoms with Crippen LogP contribution in [0.4, 0.5) is 0 Å². The first kappa shape index (κ1) is 15.5. The Morgan fingerprint density at radius 1 is 0.923 bits per heavy atom. The van der Waals surface area contributed by atoms with Crippen molar-refractivity contribution in [1.82, 2.24) is 0 Å². The van der Waals surface area contributed by atoms with Gasteiger partial charge in [-0.2, -0.15) is 0 Å². The van der Waals surface area contributed by atoms with Gasteiger partial charge in [0, 0.05) is 6.54 Å². The van der Waals surface area contributed by atoms with Crippen LogP contribution in [0, 0.1) is 0 Å². The molecule has 0 radical (unpaired) electrons. The van der Waals surface area contributed by atoms with Gasteiger partial charge in [-0.1, -0.05) is 0 Å². The van der Waals surface area contributed by atoms with Crippen molar-refractivity contribution in [2.45, 2.75) is 24.4 Å². The van der Waals surface area contributed by atoms with Crippen LogP contribution in [0.1, 0.15) is 0 Å². The van der Waals surface area contributed by atoms with E-state index < -0.39 is 31.0 Å². The lowest BCUT2D eigenvalue weighted by Gasteiger charge is -2.24. The molecule has 0 spiro atoms. The van der Waals surface area contributed by atoms with Gasteiger partial charge in [0.1, 0.15) is 18.3 Å². The molecule has 0 heterocycles. The van der Waals surface area contributed by atoms with Gasteiger partial charge in [0.25, 0.3) is 0 Å². The molecule has 0 saturated heterocycles. The van der Waals surface area contributed by atoms with Gasteiger partial charge in [0.05, 0.1) is 12.7 Å². The van der Waals surface area contributed by atoms with Crippen molar-refractivity contribution >= 4 is 12.4 Å². The summed E-state index contributed by atoms with van der Waals surface area (Å²) in [4.78, 5) is 0. The summed E-state index contributed by atoms with van der Waals surface area (Å²) in [6.07, 6.45) is -5.91. The summed E-state index contributed by atoms with van der Waals surface area (Å²) in [5, 5.41) is 44.2. The maximum atomic E-state index is 9.04. The molecule has 0 aromatic heterocycles. The van der Waals surface area contributed by atoms with E-state index in [9.17, 15) is 0 Å². The average Bonchev–Trinajstić information content (AvgIpc) is 2.12. The lowest BCUT2D eigenvalue weighted by atomic mass is 10.0. The second kappa shape index (κ2) is 7.45. The molecule has 0 unspecified atom stereocenters. The van der Waals surface area contributed by atoms with Crippen molar-refractivity contribution in [2.24, 2.45) is 5.73 Å². The molecule has 0 bridgehead atoms. The maximum Gasteiger partial charge on any atom is 0.111 e. The highest BCUT2D eigenvalue weighted by atomic mass is 35.5. The predicted octanol–water partition coefficient (Wildman–Crippen LogP) is -3.20. The topological polar surface area (TPSA) is 127 Å². The van der Waals surface area contributed by atoms with Gasteiger partial charge in [0.2, 0.25) is 0 Å². The predicted molar refractivity (Wildman–Crippen MR) is 47.4 cm³/mol. The normalized spacial score (nSPS) is 19.8. The second-order valence-electron chi connectivity index (χ2n) is 2.53. The molecule has 0 amide bonds. The molecule has 0 aliphatic heterocycles. The molecular weight excluding hydrogens is 202 g/mol. The van der Waals surface area contributed by atoms with E-state index in [-0.39, 0.29) is 19.0 Å². The van der Waals surface area contributed by atoms with Gasteiger partial charge >= 0.3 is 0 Å². The lowest BCUT2D eigenvalue weighted by molar-refractivity contribution is -0.112. The van der Waals surface area contributed by atoms with Crippen LogP contribution in [-0.2, 0) is 0 Å². The molecular formula is C6H16ClNO5. The zero-order chi connectivity index (χ0) is 9.72. The third-order valence-electron chi connectivity index (χ3n) is 1.57. The Morgan fingerprint density at radius 3 is 1.62 bits per heavy atom. The van der Waals surface area contributed by atoms with E-state index in [1.54, 1.807) is 0 Å². The number of hydrogen-bond donors (Lipinski definition) is 6. The van der Waals surface area contributed by atoms with Crippen LogP contribution in [0.25, 0.3) is 0 Å². The van der Waals surface area contributed by atoms with Crippen LogP contribution in [0.15, 0.2) is 0 Å². The summed E-state index contributed by atoms with van der Waals surface area (Å²) < 4.78 is 0. The standard InChI is InChI=1S/C6H15NO5.ClH/c7-1-3(9)5(11)6(12)4(10)2-8;/h3-6,8-12H,1-2,7H2;1H/t3-,4+,5+,6+;/m0./s1. The van der Waals surface area contributed by atoms with E-state index >= 15 is 0 Å². The first-order chi connectivity index (χ1) is 5.54. The van der Waals surface area contributed by atoms with Crippen molar-refractivity contribution < 1.29 is 25.5 Å². The summed E-state index contributed by atoms with van der Waals surface area (Å²) in [5.74, 6) is 0.